The standard InChI is InChI=1S/C17H12N4OS4/c1-22-10-4-3-5-11-12(10)20-16(24-11)21-15-18-8-6-7-9-14(13(8)25-15)26-17(19-9)23-2/h3-7H,1-2H3,(H,18,20,21). The minimum Gasteiger partial charge on any atom is -0.494 e. The Bertz CT molecular complexity index is 1260. The Morgan fingerprint density at radius 3 is 2.50 bits per heavy atom. The molecule has 2 aromatic carbocycles. The Morgan fingerprint density at radius 1 is 0.923 bits per heavy atom. The van der Waals surface area contributed by atoms with Gasteiger partial charge in [0.15, 0.2) is 14.6 Å². The van der Waals surface area contributed by atoms with Gasteiger partial charge >= 0.3 is 0 Å². The number of benzene rings is 2. The number of fused-ring (bicyclic) bond motifs is 4. The Hall–Kier alpha value is -1.94. The van der Waals surface area contributed by atoms with Crippen LogP contribution in [-0.4, -0.2) is 28.3 Å². The molecular formula is C17H12N4OS4. The van der Waals surface area contributed by atoms with Gasteiger partial charge in [0.05, 0.1) is 32.2 Å². The zero-order chi connectivity index (χ0) is 17.7. The van der Waals surface area contributed by atoms with E-state index in [-0.39, 0.29) is 0 Å². The summed E-state index contributed by atoms with van der Waals surface area (Å²) < 4.78 is 9.92. The van der Waals surface area contributed by atoms with E-state index in [2.05, 4.69) is 21.5 Å². The van der Waals surface area contributed by atoms with Crippen LogP contribution in [0.5, 0.6) is 5.75 Å². The molecule has 0 atom stereocenters. The van der Waals surface area contributed by atoms with Gasteiger partial charge in [-0.15, -0.1) is 11.3 Å². The number of rotatable bonds is 4. The van der Waals surface area contributed by atoms with Crippen LogP contribution in [0.4, 0.5) is 10.3 Å². The molecule has 0 fully saturated rings. The maximum Gasteiger partial charge on any atom is 0.190 e. The monoisotopic (exact) mass is 416 g/mol. The molecule has 9 heteroatoms. The highest BCUT2D eigenvalue weighted by atomic mass is 32.2. The van der Waals surface area contributed by atoms with Gasteiger partial charge in [-0.3, -0.25) is 0 Å². The number of anilines is 2. The predicted molar refractivity (Wildman–Crippen MR) is 114 cm³/mol. The highest BCUT2D eigenvalue weighted by Crippen LogP contribution is 2.40. The summed E-state index contributed by atoms with van der Waals surface area (Å²) in [5.41, 5.74) is 2.89. The van der Waals surface area contributed by atoms with Gasteiger partial charge in [-0.05, 0) is 30.5 Å². The number of nitrogens with one attached hydrogen (secondary N) is 1. The fraction of sp³-hybridized carbons (Fsp3) is 0.118. The number of hydrogen-bond donors (Lipinski definition) is 1. The van der Waals surface area contributed by atoms with Gasteiger partial charge in [-0.2, -0.15) is 0 Å². The Balaban J connectivity index is 1.57. The third-order valence-electron chi connectivity index (χ3n) is 3.88. The van der Waals surface area contributed by atoms with Crippen LogP contribution in [0.25, 0.3) is 30.6 Å². The average Bonchev–Trinajstić information content (AvgIpc) is 3.35. The first-order valence-corrected chi connectivity index (χ1v) is 11.4. The fourth-order valence-corrected chi connectivity index (χ4v) is 6.33. The van der Waals surface area contributed by atoms with Crippen molar-refractivity contribution in [2.45, 2.75) is 4.34 Å². The quantitative estimate of drug-likeness (QED) is 0.363. The van der Waals surface area contributed by atoms with Gasteiger partial charge in [0.1, 0.15) is 11.3 Å². The summed E-state index contributed by atoms with van der Waals surface area (Å²) in [5.74, 6) is 0.784. The van der Waals surface area contributed by atoms with Crippen molar-refractivity contribution >= 4 is 86.7 Å². The molecule has 0 unspecified atom stereocenters. The average molecular weight is 417 g/mol. The minimum atomic E-state index is 0.784. The minimum absolute atomic E-state index is 0.784. The molecule has 5 nitrogen and oxygen atoms in total. The smallest absolute Gasteiger partial charge is 0.190 e. The second-order valence-corrected chi connectivity index (χ2v) is 9.50. The molecule has 0 aliphatic rings. The van der Waals surface area contributed by atoms with E-state index in [4.69, 9.17) is 9.72 Å². The number of thiazole rings is 3. The lowest BCUT2D eigenvalue weighted by atomic mass is 10.3. The molecule has 26 heavy (non-hydrogen) atoms. The molecule has 0 saturated carbocycles. The molecule has 0 saturated heterocycles. The zero-order valence-electron chi connectivity index (χ0n) is 13.8. The van der Waals surface area contributed by atoms with Gasteiger partial charge in [0, 0.05) is 0 Å². The number of nitrogens with zero attached hydrogens (tertiary/aromatic N) is 3. The number of hydrogen-bond acceptors (Lipinski definition) is 9. The van der Waals surface area contributed by atoms with Gasteiger partial charge in [0.2, 0.25) is 0 Å². The van der Waals surface area contributed by atoms with Crippen LogP contribution in [0.15, 0.2) is 34.7 Å². The summed E-state index contributed by atoms with van der Waals surface area (Å²) in [6.45, 7) is 0. The van der Waals surface area contributed by atoms with Gasteiger partial charge in [-0.25, -0.2) is 15.0 Å². The molecule has 3 aromatic heterocycles. The van der Waals surface area contributed by atoms with Crippen LogP contribution in [0.1, 0.15) is 0 Å². The van der Waals surface area contributed by atoms with Crippen molar-refractivity contribution in [1.82, 2.24) is 15.0 Å². The van der Waals surface area contributed by atoms with Crippen molar-refractivity contribution < 1.29 is 4.74 Å². The molecule has 0 aliphatic heterocycles. The molecule has 5 aromatic rings. The summed E-state index contributed by atoms with van der Waals surface area (Å²) in [4.78, 5) is 14.0. The molecule has 0 spiro atoms. The highest BCUT2D eigenvalue weighted by molar-refractivity contribution is 8.00. The topological polar surface area (TPSA) is 59.9 Å². The van der Waals surface area contributed by atoms with E-state index < -0.39 is 0 Å². The van der Waals surface area contributed by atoms with Crippen LogP contribution < -0.4 is 10.1 Å². The van der Waals surface area contributed by atoms with E-state index in [0.29, 0.717) is 0 Å². The molecule has 130 valence electrons. The Morgan fingerprint density at radius 2 is 1.69 bits per heavy atom. The van der Waals surface area contributed by atoms with Crippen LogP contribution >= 0.6 is 45.8 Å². The van der Waals surface area contributed by atoms with Crippen LogP contribution in [0, 0.1) is 0 Å². The fourth-order valence-electron chi connectivity index (χ4n) is 2.73. The van der Waals surface area contributed by atoms with Crippen molar-refractivity contribution in [3.63, 3.8) is 0 Å². The maximum atomic E-state index is 5.40. The molecule has 5 rings (SSSR count). The lowest BCUT2D eigenvalue weighted by Gasteiger charge is -1.98. The molecule has 0 aliphatic carbocycles. The first-order chi connectivity index (χ1) is 12.7. The first-order valence-electron chi connectivity index (χ1n) is 7.70. The van der Waals surface area contributed by atoms with E-state index in [9.17, 15) is 0 Å². The Labute approximate surface area is 165 Å². The largest absolute Gasteiger partial charge is 0.494 e. The predicted octanol–water partition coefficient (Wildman–Crippen LogP) is 5.99. The second-order valence-electron chi connectivity index (χ2n) is 5.42. The lowest BCUT2D eigenvalue weighted by molar-refractivity contribution is 0.419. The Kier molecular flexibility index (Phi) is 3.96. The van der Waals surface area contributed by atoms with Gasteiger partial charge in [0.25, 0.3) is 0 Å². The zero-order valence-corrected chi connectivity index (χ0v) is 17.0. The third kappa shape index (κ3) is 2.62. The van der Waals surface area contributed by atoms with Crippen molar-refractivity contribution in [3.8, 4) is 5.75 Å². The molecular weight excluding hydrogens is 404 g/mol. The second kappa shape index (κ2) is 6.34. The maximum absolute atomic E-state index is 5.40. The van der Waals surface area contributed by atoms with Crippen LogP contribution in [0.2, 0.25) is 0 Å². The van der Waals surface area contributed by atoms with Crippen molar-refractivity contribution in [3.05, 3.63) is 30.3 Å². The number of aromatic nitrogens is 3. The third-order valence-corrected chi connectivity index (χ3v) is 8.03. The van der Waals surface area contributed by atoms with E-state index in [1.54, 1.807) is 52.9 Å². The van der Waals surface area contributed by atoms with E-state index >= 15 is 0 Å². The van der Waals surface area contributed by atoms with Crippen molar-refractivity contribution in [1.29, 1.82) is 0 Å². The van der Waals surface area contributed by atoms with E-state index in [1.165, 1.54) is 9.40 Å². The number of ether oxygens (including phenoxy) is 1. The summed E-state index contributed by atoms with van der Waals surface area (Å²) >= 11 is 6.63. The van der Waals surface area contributed by atoms with Crippen LogP contribution in [0.3, 0.4) is 0 Å². The number of methoxy groups -OCH3 is 1. The lowest BCUT2D eigenvalue weighted by Crippen LogP contribution is -1.88. The molecule has 0 bridgehead atoms. The SMILES string of the molecule is COc1cccc2sc(Nc3nc4ccc5nc(SC)sc5c4s3)nc12. The van der Waals surface area contributed by atoms with Gasteiger partial charge < -0.3 is 10.1 Å². The number of thioether (sulfide) groups is 1. The normalized spacial score (nSPS) is 11.6. The summed E-state index contributed by atoms with van der Waals surface area (Å²) in [5, 5.41) is 5.01. The van der Waals surface area contributed by atoms with Crippen molar-refractivity contribution in [2.24, 2.45) is 0 Å². The molecule has 1 N–H and O–H groups in total. The van der Waals surface area contributed by atoms with E-state index in [0.717, 1.165) is 41.6 Å². The van der Waals surface area contributed by atoms with Crippen LogP contribution in [-0.2, 0) is 0 Å². The van der Waals surface area contributed by atoms with Gasteiger partial charge in [-0.1, -0.05) is 40.5 Å². The summed E-state index contributed by atoms with van der Waals surface area (Å²) in [7, 11) is 1.66. The molecule has 0 radical (unpaired) electrons. The molecule has 3 heterocycles. The highest BCUT2D eigenvalue weighted by Gasteiger charge is 2.14. The summed E-state index contributed by atoms with van der Waals surface area (Å²) in [6.07, 6.45) is 2.05. The van der Waals surface area contributed by atoms with E-state index in [1.807, 2.05) is 30.3 Å². The molecule has 0 amide bonds. The number of para-hydroxylation sites is 1. The van der Waals surface area contributed by atoms with Crippen molar-refractivity contribution in [2.75, 3.05) is 18.7 Å². The first kappa shape index (κ1) is 16.2. The summed E-state index contributed by atoms with van der Waals surface area (Å²) in [6, 6.07) is 10.0.